The number of nitrogens with one attached hydrogen (secondary N) is 1. The van der Waals surface area contributed by atoms with Gasteiger partial charge in [-0.25, -0.2) is 0 Å². The van der Waals surface area contributed by atoms with Gasteiger partial charge in [-0.1, -0.05) is 19.4 Å². The molecule has 0 saturated heterocycles. The Morgan fingerprint density at radius 1 is 1.37 bits per heavy atom. The first kappa shape index (κ1) is 13.6. The molecule has 2 rings (SSSR count). The standard InChI is InChI=1S/C15H21N3O/c1-3-7-15(2,19)10-18-13-5-4-11-9-17-8-6-12(11)14(13)16/h4-6,8-9,18-19H,3,7,10,16H2,1-2H3. The maximum atomic E-state index is 10.2. The quantitative estimate of drug-likeness (QED) is 0.722. The fraction of sp³-hybridized carbons (Fsp3) is 0.400. The van der Waals surface area contributed by atoms with E-state index in [1.807, 2.05) is 25.1 Å². The van der Waals surface area contributed by atoms with E-state index in [2.05, 4.69) is 17.2 Å². The number of fused-ring (bicyclic) bond motifs is 1. The zero-order valence-electron chi connectivity index (χ0n) is 11.5. The third-order valence-electron chi connectivity index (χ3n) is 3.31. The zero-order valence-corrected chi connectivity index (χ0v) is 11.5. The Morgan fingerprint density at radius 2 is 2.16 bits per heavy atom. The molecule has 2 aromatic rings. The second-order valence-electron chi connectivity index (χ2n) is 5.22. The van der Waals surface area contributed by atoms with Crippen LogP contribution in [0.1, 0.15) is 26.7 Å². The van der Waals surface area contributed by atoms with Gasteiger partial charge in [0.15, 0.2) is 0 Å². The molecule has 0 radical (unpaired) electrons. The van der Waals surface area contributed by atoms with Gasteiger partial charge in [0.25, 0.3) is 0 Å². The average Bonchev–Trinajstić information content (AvgIpc) is 2.38. The number of aromatic nitrogens is 1. The first-order valence-corrected chi connectivity index (χ1v) is 6.62. The summed E-state index contributed by atoms with van der Waals surface area (Å²) < 4.78 is 0. The second kappa shape index (κ2) is 5.45. The second-order valence-corrected chi connectivity index (χ2v) is 5.22. The van der Waals surface area contributed by atoms with E-state index in [9.17, 15) is 5.11 Å². The summed E-state index contributed by atoms with van der Waals surface area (Å²) in [6.07, 6.45) is 5.24. The lowest BCUT2D eigenvalue weighted by atomic mass is 10.0. The topological polar surface area (TPSA) is 71.2 Å². The number of nitrogens with two attached hydrogens (primary N) is 1. The van der Waals surface area contributed by atoms with Crippen LogP contribution in [0.2, 0.25) is 0 Å². The Morgan fingerprint density at radius 3 is 2.89 bits per heavy atom. The van der Waals surface area contributed by atoms with Gasteiger partial charge in [-0.05, 0) is 25.5 Å². The molecule has 0 fully saturated rings. The number of pyridine rings is 1. The summed E-state index contributed by atoms with van der Waals surface area (Å²) in [7, 11) is 0. The van der Waals surface area contributed by atoms with Gasteiger partial charge < -0.3 is 16.2 Å². The minimum absolute atomic E-state index is 0.488. The van der Waals surface area contributed by atoms with Crippen LogP contribution in [0.5, 0.6) is 0 Å². The molecule has 4 heteroatoms. The molecule has 0 saturated carbocycles. The molecule has 19 heavy (non-hydrogen) atoms. The number of rotatable bonds is 5. The molecule has 0 amide bonds. The van der Waals surface area contributed by atoms with Crippen molar-refractivity contribution < 1.29 is 5.11 Å². The van der Waals surface area contributed by atoms with E-state index in [1.54, 1.807) is 12.4 Å². The third kappa shape index (κ3) is 3.15. The third-order valence-corrected chi connectivity index (χ3v) is 3.31. The number of hydrogen-bond donors (Lipinski definition) is 3. The molecule has 0 spiro atoms. The number of nitrogen functional groups attached to an aromatic ring is 1. The molecular weight excluding hydrogens is 238 g/mol. The van der Waals surface area contributed by atoms with E-state index >= 15 is 0 Å². The lowest BCUT2D eigenvalue weighted by molar-refractivity contribution is 0.0637. The van der Waals surface area contributed by atoms with Gasteiger partial charge in [0.05, 0.1) is 17.0 Å². The molecule has 102 valence electrons. The number of nitrogens with zero attached hydrogens (tertiary/aromatic N) is 1. The van der Waals surface area contributed by atoms with Gasteiger partial charge in [0, 0.05) is 29.7 Å². The van der Waals surface area contributed by atoms with Crippen molar-refractivity contribution in [3.05, 3.63) is 30.6 Å². The summed E-state index contributed by atoms with van der Waals surface area (Å²) in [6.45, 7) is 4.39. The van der Waals surface area contributed by atoms with E-state index in [-0.39, 0.29) is 0 Å². The van der Waals surface area contributed by atoms with Crippen LogP contribution < -0.4 is 11.1 Å². The van der Waals surface area contributed by atoms with Crippen molar-refractivity contribution in [2.75, 3.05) is 17.6 Å². The lowest BCUT2D eigenvalue weighted by Gasteiger charge is -2.24. The molecule has 4 N–H and O–H groups in total. The highest BCUT2D eigenvalue weighted by Crippen LogP contribution is 2.28. The summed E-state index contributed by atoms with van der Waals surface area (Å²) >= 11 is 0. The largest absolute Gasteiger partial charge is 0.397 e. The van der Waals surface area contributed by atoms with E-state index in [4.69, 9.17) is 5.73 Å². The van der Waals surface area contributed by atoms with Gasteiger partial charge in [-0.3, -0.25) is 4.98 Å². The number of anilines is 2. The summed E-state index contributed by atoms with van der Waals surface area (Å²) in [5.74, 6) is 0. The Bertz CT molecular complexity index is 566. The predicted octanol–water partition coefficient (Wildman–Crippen LogP) is 2.78. The Kier molecular flexibility index (Phi) is 3.90. The molecule has 0 aliphatic carbocycles. The summed E-state index contributed by atoms with van der Waals surface area (Å²) in [6, 6.07) is 5.82. The van der Waals surface area contributed by atoms with Gasteiger partial charge in [-0.15, -0.1) is 0 Å². The molecular formula is C15H21N3O. The first-order valence-electron chi connectivity index (χ1n) is 6.62. The fourth-order valence-electron chi connectivity index (χ4n) is 2.26. The monoisotopic (exact) mass is 259 g/mol. The van der Waals surface area contributed by atoms with Gasteiger partial charge >= 0.3 is 0 Å². The summed E-state index contributed by atoms with van der Waals surface area (Å²) in [5.41, 5.74) is 6.99. The average molecular weight is 259 g/mol. The van der Waals surface area contributed by atoms with Crippen molar-refractivity contribution in [1.82, 2.24) is 4.98 Å². The van der Waals surface area contributed by atoms with Crippen LogP contribution in [0.4, 0.5) is 11.4 Å². The van der Waals surface area contributed by atoms with Crippen LogP contribution in [0.15, 0.2) is 30.6 Å². The van der Waals surface area contributed by atoms with Crippen molar-refractivity contribution in [3.8, 4) is 0 Å². The Balaban J connectivity index is 2.20. The van der Waals surface area contributed by atoms with Crippen molar-refractivity contribution in [3.63, 3.8) is 0 Å². The molecule has 1 heterocycles. The SMILES string of the molecule is CCCC(C)(O)CNc1ccc2cnccc2c1N. The highest BCUT2D eigenvalue weighted by atomic mass is 16.3. The molecule has 0 aliphatic heterocycles. The molecule has 1 aromatic carbocycles. The molecule has 1 atom stereocenters. The molecule has 1 unspecified atom stereocenters. The van der Waals surface area contributed by atoms with E-state index in [0.717, 1.165) is 29.3 Å². The number of aliphatic hydroxyl groups is 1. The predicted molar refractivity (Wildman–Crippen MR) is 80.2 cm³/mol. The van der Waals surface area contributed by atoms with E-state index in [1.165, 1.54) is 0 Å². The maximum absolute atomic E-state index is 10.2. The van der Waals surface area contributed by atoms with Crippen LogP contribution in [-0.4, -0.2) is 22.2 Å². The highest BCUT2D eigenvalue weighted by Gasteiger charge is 2.19. The van der Waals surface area contributed by atoms with Gasteiger partial charge in [0.2, 0.25) is 0 Å². The minimum atomic E-state index is -0.714. The fourth-order valence-corrected chi connectivity index (χ4v) is 2.26. The van der Waals surface area contributed by atoms with Gasteiger partial charge in [0.1, 0.15) is 0 Å². The van der Waals surface area contributed by atoms with Crippen molar-refractivity contribution >= 4 is 22.1 Å². The van der Waals surface area contributed by atoms with Crippen LogP contribution >= 0.6 is 0 Å². The Hall–Kier alpha value is -1.81. The highest BCUT2D eigenvalue weighted by molar-refractivity contribution is 5.98. The molecule has 4 nitrogen and oxygen atoms in total. The maximum Gasteiger partial charge on any atom is 0.0791 e. The smallest absolute Gasteiger partial charge is 0.0791 e. The zero-order chi connectivity index (χ0) is 13.9. The van der Waals surface area contributed by atoms with E-state index < -0.39 is 5.60 Å². The van der Waals surface area contributed by atoms with Crippen molar-refractivity contribution in [2.45, 2.75) is 32.3 Å². The normalized spacial score (nSPS) is 14.3. The number of hydrogen-bond acceptors (Lipinski definition) is 4. The lowest BCUT2D eigenvalue weighted by Crippen LogP contribution is -2.33. The summed E-state index contributed by atoms with van der Waals surface area (Å²) in [4.78, 5) is 4.08. The molecule has 0 aliphatic rings. The Labute approximate surface area is 113 Å². The molecule has 0 bridgehead atoms. The number of benzene rings is 1. The van der Waals surface area contributed by atoms with E-state index in [0.29, 0.717) is 12.2 Å². The van der Waals surface area contributed by atoms with Crippen LogP contribution in [0.25, 0.3) is 10.8 Å². The molecule has 1 aromatic heterocycles. The van der Waals surface area contributed by atoms with Crippen LogP contribution in [0, 0.1) is 0 Å². The van der Waals surface area contributed by atoms with Crippen molar-refractivity contribution in [1.29, 1.82) is 0 Å². The van der Waals surface area contributed by atoms with Gasteiger partial charge in [-0.2, -0.15) is 0 Å². The summed E-state index contributed by atoms with van der Waals surface area (Å²) in [5, 5.41) is 15.4. The van der Waals surface area contributed by atoms with Crippen LogP contribution in [-0.2, 0) is 0 Å². The first-order chi connectivity index (χ1) is 9.03. The van der Waals surface area contributed by atoms with Crippen LogP contribution in [0.3, 0.4) is 0 Å². The minimum Gasteiger partial charge on any atom is -0.397 e. The van der Waals surface area contributed by atoms with Crippen molar-refractivity contribution in [2.24, 2.45) is 0 Å².